The van der Waals surface area contributed by atoms with E-state index in [0.29, 0.717) is 11.8 Å². The number of nitrogens with zero attached hydrogens (tertiary/aromatic N) is 2. The molecule has 0 heterocycles. The molecule has 2 fully saturated rings. The Hall–Kier alpha value is -2.58. The van der Waals surface area contributed by atoms with Gasteiger partial charge in [-0.3, -0.25) is 0 Å². The number of hydrogen-bond donors (Lipinski definition) is 0. The Morgan fingerprint density at radius 3 is 2.13 bits per heavy atom. The largest absolute Gasteiger partial charge is 0.193 e. The Balaban J connectivity index is 1.38. The van der Waals surface area contributed by atoms with Crippen LogP contribution in [-0.2, 0) is 0 Å². The van der Waals surface area contributed by atoms with Crippen LogP contribution >= 0.6 is 0 Å². The van der Waals surface area contributed by atoms with Crippen molar-refractivity contribution in [3.8, 4) is 12.1 Å². The van der Waals surface area contributed by atoms with Crippen molar-refractivity contribution in [3.63, 3.8) is 0 Å². The molecule has 2 heteroatoms. The summed E-state index contributed by atoms with van der Waals surface area (Å²) in [5.41, 5.74) is 3.69. The van der Waals surface area contributed by atoms with Crippen LogP contribution in [0.1, 0.15) is 81.3 Å². The van der Waals surface area contributed by atoms with Gasteiger partial charge in [-0.25, -0.2) is 0 Å². The van der Waals surface area contributed by atoms with Crippen molar-refractivity contribution in [1.82, 2.24) is 0 Å². The van der Waals surface area contributed by atoms with E-state index >= 15 is 0 Å². The Labute approximate surface area is 182 Å². The molecule has 1 aromatic rings. The highest BCUT2D eigenvalue weighted by Crippen LogP contribution is 2.44. The van der Waals surface area contributed by atoms with Crippen LogP contribution in [0.25, 0.3) is 0 Å². The molecular formula is C28H34N2. The maximum atomic E-state index is 8.98. The van der Waals surface area contributed by atoms with Gasteiger partial charge in [0.2, 0.25) is 0 Å². The predicted octanol–water partition coefficient (Wildman–Crippen LogP) is 7.61. The zero-order chi connectivity index (χ0) is 21.2. The van der Waals surface area contributed by atoms with Gasteiger partial charge in [-0.15, -0.1) is 0 Å². The van der Waals surface area contributed by atoms with Gasteiger partial charge in [0.25, 0.3) is 0 Å². The molecule has 0 radical (unpaired) electrons. The predicted molar refractivity (Wildman–Crippen MR) is 124 cm³/mol. The van der Waals surface area contributed by atoms with Crippen molar-refractivity contribution >= 4 is 0 Å². The molecule has 0 bridgehead atoms. The second-order valence-electron chi connectivity index (χ2n) is 9.07. The lowest BCUT2D eigenvalue weighted by Crippen LogP contribution is -2.22. The van der Waals surface area contributed by atoms with Crippen LogP contribution in [-0.4, -0.2) is 0 Å². The topological polar surface area (TPSA) is 47.6 Å². The Kier molecular flexibility index (Phi) is 8.53. The molecule has 0 N–H and O–H groups in total. The van der Waals surface area contributed by atoms with Gasteiger partial charge >= 0.3 is 0 Å². The SMILES string of the molecule is C=C([C@H]1CC[C@H](CC/C=C/C=C/C#N)CC1)[C@H]1CC[C@H](c2ccc(C#N)cc2)CC1. The fraction of sp³-hybridized carbons (Fsp3) is 0.500. The van der Waals surface area contributed by atoms with Gasteiger partial charge in [0.05, 0.1) is 17.7 Å². The first-order valence-electron chi connectivity index (χ1n) is 11.6. The maximum absolute atomic E-state index is 8.98. The zero-order valence-corrected chi connectivity index (χ0v) is 18.1. The summed E-state index contributed by atoms with van der Waals surface area (Å²) < 4.78 is 0. The van der Waals surface area contributed by atoms with E-state index < -0.39 is 0 Å². The van der Waals surface area contributed by atoms with Crippen LogP contribution in [0, 0.1) is 40.4 Å². The number of nitriles is 2. The third-order valence-electron chi connectivity index (χ3n) is 7.29. The highest BCUT2D eigenvalue weighted by atomic mass is 14.3. The third kappa shape index (κ3) is 6.21. The zero-order valence-electron chi connectivity index (χ0n) is 18.1. The summed E-state index contributed by atoms with van der Waals surface area (Å²) >= 11 is 0. The van der Waals surface area contributed by atoms with Gasteiger partial charge < -0.3 is 0 Å². The van der Waals surface area contributed by atoms with Crippen LogP contribution < -0.4 is 0 Å². The summed E-state index contributed by atoms with van der Waals surface area (Å²) in [5, 5.41) is 17.5. The molecule has 0 unspecified atom stereocenters. The van der Waals surface area contributed by atoms with Crippen LogP contribution in [0.5, 0.6) is 0 Å². The van der Waals surface area contributed by atoms with E-state index in [1.807, 2.05) is 30.4 Å². The van der Waals surface area contributed by atoms with Crippen molar-refractivity contribution < 1.29 is 0 Å². The van der Waals surface area contributed by atoms with Crippen molar-refractivity contribution in [2.24, 2.45) is 17.8 Å². The van der Waals surface area contributed by atoms with E-state index in [4.69, 9.17) is 10.5 Å². The molecule has 0 saturated heterocycles. The lowest BCUT2D eigenvalue weighted by Gasteiger charge is -2.36. The standard InChI is InChI=1S/C28H34N2/c1-22(25-12-8-23(9-13-25)7-5-3-2-4-6-20-29)26-16-18-28(19-17-26)27-14-10-24(21-30)11-15-27/h2-4,6,10-11,14-15,23,25-26,28H,1,5,7-9,12-13,16-19H2/b3-2+,6-4+/t23-,25-,26-,28-. The van der Waals surface area contributed by atoms with E-state index in [9.17, 15) is 0 Å². The summed E-state index contributed by atoms with van der Waals surface area (Å²) in [7, 11) is 0. The summed E-state index contributed by atoms with van der Waals surface area (Å²) in [4.78, 5) is 0. The van der Waals surface area contributed by atoms with E-state index in [1.54, 1.807) is 0 Å². The highest BCUT2D eigenvalue weighted by Gasteiger charge is 2.29. The van der Waals surface area contributed by atoms with Gasteiger partial charge in [-0.05, 0) is 106 Å². The minimum absolute atomic E-state index is 0.647. The van der Waals surface area contributed by atoms with Crippen molar-refractivity contribution in [2.45, 2.75) is 70.1 Å². The van der Waals surface area contributed by atoms with Crippen LogP contribution in [0.15, 0.2) is 60.7 Å². The molecular weight excluding hydrogens is 364 g/mol. The summed E-state index contributed by atoms with van der Waals surface area (Å²) in [5.74, 6) is 2.93. The lowest BCUT2D eigenvalue weighted by atomic mass is 9.69. The van der Waals surface area contributed by atoms with E-state index in [2.05, 4.69) is 30.9 Å². The molecule has 0 spiro atoms. The first-order chi connectivity index (χ1) is 14.7. The van der Waals surface area contributed by atoms with Gasteiger partial charge in [-0.2, -0.15) is 10.5 Å². The summed E-state index contributed by atoms with van der Waals surface area (Å²) in [6.45, 7) is 4.57. The van der Waals surface area contributed by atoms with E-state index in [1.165, 1.54) is 75.0 Å². The average molecular weight is 399 g/mol. The van der Waals surface area contributed by atoms with Crippen LogP contribution in [0.4, 0.5) is 0 Å². The van der Waals surface area contributed by atoms with Crippen molar-refractivity contribution in [3.05, 3.63) is 71.8 Å². The molecule has 2 saturated carbocycles. The Bertz CT molecular complexity index is 815. The Morgan fingerprint density at radius 2 is 1.53 bits per heavy atom. The second kappa shape index (κ2) is 11.6. The minimum Gasteiger partial charge on any atom is -0.193 e. The first-order valence-corrected chi connectivity index (χ1v) is 11.6. The molecule has 0 amide bonds. The fourth-order valence-corrected chi connectivity index (χ4v) is 5.39. The van der Waals surface area contributed by atoms with Gasteiger partial charge in [0.1, 0.15) is 0 Å². The monoisotopic (exact) mass is 398 g/mol. The lowest BCUT2D eigenvalue weighted by molar-refractivity contribution is 0.260. The normalized spacial score (nSPS) is 27.0. The maximum Gasteiger partial charge on any atom is 0.0991 e. The molecule has 2 nitrogen and oxygen atoms in total. The summed E-state index contributed by atoms with van der Waals surface area (Å²) in [6.07, 6.45) is 20.2. The van der Waals surface area contributed by atoms with E-state index in [0.717, 1.165) is 23.8 Å². The highest BCUT2D eigenvalue weighted by molar-refractivity contribution is 5.33. The summed E-state index contributed by atoms with van der Waals surface area (Å²) in [6, 6.07) is 12.4. The third-order valence-corrected chi connectivity index (χ3v) is 7.29. The van der Waals surface area contributed by atoms with Gasteiger partial charge in [0.15, 0.2) is 0 Å². The number of hydrogen-bond acceptors (Lipinski definition) is 2. The van der Waals surface area contributed by atoms with Crippen LogP contribution in [0.3, 0.4) is 0 Å². The molecule has 0 aliphatic heterocycles. The molecule has 2 aliphatic carbocycles. The number of rotatable bonds is 7. The number of allylic oxidation sites excluding steroid dienone is 5. The molecule has 3 rings (SSSR count). The minimum atomic E-state index is 0.647. The molecule has 0 aromatic heterocycles. The average Bonchev–Trinajstić information content (AvgIpc) is 2.81. The van der Waals surface area contributed by atoms with Crippen molar-refractivity contribution in [2.75, 3.05) is 0 Å². The smallest absolute Gasteiger partial charge is 0.0991 e. The fourth-order valence-electron chi connectivity index (χ4n) is 5.39. The van der Waals surface area contributed by atoms with E-state index in [-0.39, 0.29) is 0 Å². The number of benzene rings is 1. The molecule has 1 aromatic carbocycles. The van der Waals surface area contributed by atoms with Crippen LogP contribution in [0.2, 0.25) is 0 Å². The molecule has 0 atom stereocenters. The quantitative estimate of drug-likeness (QED) is 0.269. The van der Waals surface area contributed by atoms with Crippen molar-refractivity contribution in [1.29, 1.82) is 10.5 Å². The van der Waals surface area contributed by atoms with Gasteiger partial charge in [0, 0.05) is 6.08 Å². The Morgan fingerprint density at radius 1 is 0.900 bits per heavy atom. The molecule has 30 heavy (non-hydrogen) atoms. The first kappa shape index (κ1) is 22.1. The second-order valence-corrected chi connectivity index (χ2v) is 9.07. The molecule has 156 valence electrons. The van der Waals surface area contributed by atoms with Gasteiger partial charge in [-0.1, -0.05) is 42.5 Å². The molecule has 2 aliphatic rings.